The number of amides is 2. The zero-order chi connectivity index (χ0) is 15.2. The van der Waals surface area contributed by atoms with E-state index in [-0.39, 0.29) is 12.5 Å². The molecule has 7 heteroatoms. The number of esters is 1. The van der Waals surface area contributed by atoms with E-state index in [9.17, 15) is 14.4 Å². The van der Waals surface area contributed by atoms with Gasteiger partial charge in [-0.15, -0.1) is 0 Å². The van der Waals surface area contributed by atoms with Crippen molar-refractivity contribution in [3.63, 3.8) is 0 Å². The number of hydrogen-bond acceptors (Lipinski definition) is 4. The summed E-state index contributed by atoms with van der Waals surface area (Å²) in [7, 11) is 2.77. The quantitative estimate of drug-likeness (QED) is 0.689. The molecule has 0 radical (unpaired) electrons. The number of nitrogens with zero attached hydrogens (tertiary/aromatic N) is 1. The lowest BCUT2D eigenvalue weighted by Gasteiger charge is -2.24. The highest BCUT2D eigenvalue weighted by Crippen LogP contribution is 2.05. The van der Waals surface area contributed by atoms with Crippen molar-refractivity contribution in [2.24, 2.45) is 11.8 Å². The van der Waals surface area contributed by atoms with E-state index in [4.69, 9.17) is 5.11 Å². The molecule has 0 heterocycles. The molecule has 2 atom stereocenters. The molecule has 2 N–H and O–H groups in total. The van der Waals surface area contributed by atoms with Crippen LogP contribution in [0.15, 0.2) is 0 Å². The van der Waals surface area contributed by atoms with Gasteiger partial charge in [-0.05, 0) is 5.92 Å². The average molecular weight is 274 g/mol. The monoisotopic (exact) mass is 274 g/mol. The number of rotatable bonds is 6. The topological polar surface area (TPSA) is 95.9 Å². The molecule has 0 fully saturated rings. The molecule has 0 saturated heterocycles. The first kappa shape index (κ1) is 17.2. The number of nitrogens with one attached hydrogen (secondary N) is 1. The van der Waals surface area contributed by atoms with Crippen LogP contribution in [0.2, 0.25) is 0 Å². The normalized spacial score (nSPS) is 13.6. The van der Waals surface area contributed by atoms with Crippen LogP contribution in [0.5, 0.6) is 0 Å². The van der Waals surface area contributed by atoms with Gasteiger partial charge in [-0.3, -0.25) is 4.79 Å². The van der Waals surface area contributed by atoms with E-state index in [2.05, 4.69) is 10.1 Å². The van der Waals surface area contributed by atoms with E-state index in [1.54, 1.807) is 20.8 Å². The molecule has 19 heavy (non-hydrogen) atoms. The highest BCUT2D eigenvalue weighted by atomic mass is 16.5. The molecule has 0 aliphatic rings. The minimum absolute atomic E-state index is 0.156. The summed E-state index contributed by atoms with van der Waals surface area (Å²) in [6, 6.07) is -1.49. The Balaban J connectivity index is 4.49. The Bertz CT molecular complexity index is 343. The Hall–Kier alpha value is -1.79. The highest BCUT2D eigenvalue weighted by molar-refractivity contribution is 5.83. The van der Waals surface area contributed by atoms with Crippen molar-refractivity contribution in [2.75, 3.05) is 20.7 Å². The summed E-state index contributed by atoms with van der Waals surface area (Å²) < 4.78 is 4.56. The van der Waals surface area contributed by atoms with Crippen LogP contribution in [-0.2, 0) is 14.3 Å². The summed E-state index contributed by atoms with van der Waals surface area (Å²) in [6.07, 6.45) is 0. The van der Waals surface area contributed by atoms with Crippen LogP contribution < -0.4 is 5.32 Å². The summed E-state index contributed by atoms with van der Waals surface area (Å²) >= 11 is 0. The second-order valence-corrected chi connectivity index (χ2v) is 4.81. The maximum Gasteiger partial charge on any atom is 0.326 e. The van der Waals surface area contributed by atoms with Crippen LogP contribution in [0, 0.1) is 11.8 Å². The number of ether oxygens (including phenoxy) is 1. The van der Waals surface area contributed by atoms with Gasteiger partial charge in [0.25, 0.3) is 0 Å². The second-order valence-electron chi connectivity index (χ2n) is 4.81. The zero-order valence-corrected chi connectivity index (χ0v) is 12.0. The van der Waals surface area contributed by atoms with Crippen molar-refractivity contribution in [2.45, 2.75) is 26.8 Å². The van der Waals surface area contributed by atoms with E-state index >= 15 is 0 Å². The molecular formula is C12H22N2O5. The van der Waals surface area contributed by atoms with Crippen molar-refractivity contribution >= 4 is 18.0 Å². The van der Waals surface area contributed by atoms with E-state index in [0.29, 0.717) is 0 Å². The first-order chi connectivity index (χ1) is 8.70. The van der Waals surface area contributed by atoms with Gasteiger partial charge < -0.3 is 20.1 Å². The molecule has 0 saturated carbocycles. The SMILES string of the molecule is COC(=O)C(C)CN(C)C(=O)N[C@@H](C(=O)O)C(C)C. The van der Waals surface area contributed by atoms with Crippen LogP contribution >= 0.6 is 0 Å². The van der Waals surface area contributed by atoms with Crippen molar-refractivity contribution in [3.05, 3.63) is 0 Å². The van der Waals surface area contributed by atoms with Crippen molar-refractivity contribution < 1.29 is 24.2 Å². The summed E-state index contributed by atoms with van der Waals surface area (Å²) in [5, 5.41) is 11.4. The summed E-state index contributed by atoms with van der Waals surface area (Å²) in [4.78, 5) is 35.3. The minimum atomic E-state index is -1.09. The molecule has 0 spiro atoms. The first-order valence-corrected chi connectivity index (χ1v) is 6.03. The third kappa shape index (κ3) is 5.58. The van der Waals surface area contributed by atoms with E-state index < -0.39 is 29.9 Å². The number of carbonyl (C=O) groups excluding carboxylic acids is 2. The van der Waals surface area contributed by atoms with Gasteiger partial charge in [-0.25, -0.2) is 9.59 Å². The van der Waals surface area contributed by atoms with E-state index in [1.165, 1.54) is 19.1 Å². The molecule has 2 amide bonds. The summed E-state index contributed by atoms with van der Waals surface area (Å²) in [5.41, 5.74) is 0. The second kappa shape index (κ2) is 7.60. The smallest absolute Gasteiger partial charge is 0.326 e. The third-order valence-electron chi connectivity index (χ3n) is 2.71. The minimum Gasteiger partial charge on any atom is -0.480 e. The average Bonchev–Trinajstić information content (AvgIpc) is 2.33. The van der Waals surface area contributed by atoms with Crippen LogP contribution in [0.1, 0.15) is 20.8 Å². The Labute approximate surface area is 112 Å². The Morgan fingerprint density at radius 3 is 2.16 bits per heavy atom. The lowest BCUT2D eigenvalue weighted by molar-refractivity contribution is -0.145. The summed E-state index contributed by atoms with van der Waals surface area (Å²) in [5.74, 6) is -2.20. The van der Waals surface area contributed by atoms with Crippen LogP contribution in [0.3, 0.4) is 0 Å². The number of hydrogen-bond donors (Lipinski definition) is 2. The number of carboxylic acid groups (broad SMARTS) is 1. The Kier molecular flexibility index (Phi) is 6.89. The first-order valence-electron chi connectivity index (χ1n) is 6.03. The van der Waals surface area contributed by atoms with Crippen LogP contribution in [-0.4, -0.2) is 54.7 Å². The van der Waals surface area contributed by atoms with Crippen molar-refractivity contribution in [1.82, 2.24) is 10.2 Å². The van der Waals surface area contributed by atoms with Crippen LogP contribution in [0.4, 0.5) is 4.79 Å². The molecule has 0 bridgehead atoms. The third-order valence-corrected chi connectivity index (χ3v) is 2.71. The largest absolute Gasteiger partial charge is 0.480 e. The molecule has 0 aromatic rings. The predicted molar refractivity (Wildman–Crippen MR) is 68.6 cm³/mol. The number of carboxylic acids is 1. The van der Waals surface area contributed by atoms with Gasteiger partial charge in [0.1, 0.15) is 6.04 Å². The fourth-order valence-corrected chi connectivity index (χ4v) is 1.53. The molecule has 110 valence electrons. The van der Waals surface area contributed by atoms with Crippen molar-refractivity contribution in [1.29, 1.82) is 0 Å². The molecule has 7 nitrogen and oxygen atoms in total. The van der Waals surface area contributed by atoms with E-state index in [1.807, 2.05) is 0 Å². The number of urea groups is 1. The lowest BCUT2D eigenvalue weighted by Crippen LogP contribution is -2.50. The molecule has 0 aliphatic carbocycles. The number of methoxy groups -OCH3 is 1. The standard InChI is InChI=1S/C12H22N2O5/c1-7(2)9(10(15)16)13-12(18)14(4)6-8(3)11(17)19-5/h7-9H,6H2,1-5H3,(H,13,18)(H,15,16)/t8?,9-/m1/s1. The highest BCUT2D eigenvalue weighted by Gasteiger charge is 2.26. The lowest BCUT2D eigenvalue weighted by atomic mass is 10.1. The molecule has 0 aromatic carbocycles. The van der Waals surface area contributed by atoms with Gasteiger partial charge in [0, 0.05) is 13.6 Å². The number of carbonyl (C=O) groups is 3. The summed E-state index contributed by atoms with van der Waals surface area (Å²) in [6.45, 7) is 5.20. The Morgan fingerprint density at radius 1 is 1.26 bits per heavy atom. The fourth-order valence-electron chi connectivity index (χ4n) is 1.53. The van der Waals surface area contributed by atoms with E-state index in [0.717, 1.165) is 0 Å². The molecular weight excluding hydrogens is 252 g/mol. The van der Waals surface area contributed by atoms with Gasteiger partial charge in [0.05, 0.1) is 13.0 Å². The molecule has 1 unspecified atom stereocenters. The zero-order valence-electron chi connectivity index (χ0n) is 12.0. The van der Waals surface area contributed by atoms with Crippen molar-refractivity contribution in [3.8, 4) is 0 Å². The van der Waals surface area contributed by atoms with Gasteiger partial charge in [0.15, 0.2) is 0 Å². The Morgan fingerprint density at radius 2 is 1.79 bits per heavy atom. The fraction of sp³-hybridized carbons (Fsp3) is 0.750. The van der Waals surface area contributed by atoms with Crippen LogP contribution in [0.25, 0.3) is 0 Å². The number of aliphatic carboxylic acids is 1. The van der Waals surface area contributed by atoms with Gasteiger partial charge in [0.2, 0.25) is 0 Å². The molecule has 0 aromatic heterocycles. The maximum absolute atomic E-state index is 11.8. The predicted octanol–water partition coefficient (Wildman–Crippen LogP) is 0.546. The van der Waals surface area contributed by atoms with Gasteiger partial charge in [-0.2, -0.15) is 0 Å². The molecule has 0 aliphatic heterocycles. The molecule has 0 rings (SSSR count). The van der Waals surface area contributed by atoms with Gasteiger partial charge in [-0.1, -0.05) is 20.8 Å². The maximum atomic E-state index is 11.8. The van der Waals surface area contributed by atoms with Gasteiger partial charge >= 0.3 is 18.0 Å².